The molecule has 0 atom stereocenters. The summed E-state index contributed by atoms with van der Waals surface area (Å²) in [7, 11) is 0. The van der Waals surface area contributed by atoms with Gasteiger partial charge in [0.05, 0.1) is 10.2 Å². The molecule has 3 N–H and O–H groups in total. The van der Waals surface area contributed by atoms with E-state index in [1.54, 1.807) is 12.1 Å². The molecule has 1 heterocycles. The van der Waals surface area contributed by atoms with Gasteiger partial charge in [-0.05, 0) is 30.3 Å². The van der Waals surface area contributed by atoms with E-state index in [9.17, 15) is 9.90 Å². The van der Waals surface area contributed by atoms with Crippen LogP contribution in [0.1, 0.15) is 10.4 Å². The number of carboxylic acid groups (broad SMARTS) is 1. The minimum atomic E-state index is -1.17. The van der Waals surface area contributed by atoms with Gasteiger partial charge in [-0.1, -0.05) is 22.9 Å². The number of rotatable bonds is 3. The van der Waals surface area contributed by atoms with Crippen molar-refractivity contribution in [3.8, 4) is 5.75 Å². The van der Waals surface area contributed by atoms with E-state index in [4.69, 9.17) is 16.7 Å². The second-order valence-electron chi connectivity index (χ2n) is 4.29. The Morgan fingerprint density at radius 2 is 2.05 bits per heavy atom. The molecule has 0 saturated carbocycles. The van der Waals surface area contributed by atoms with Crippen LogP contribution in [0.5, 0.6) is 5.75 Å². The molecule has 0 amide bonds. The smallest absolute Gasteiger partial charge is 0.339 e. The van der Waals surface area contributed by atoms with E-state index < -0.39 is 5.97 Å². The molecular weight excluding hydrogens is 312 g/mol. The molecule has 3 aromatic rings. The molecule has 21 heavy (non-hydrogen) atoms. The topological polar surface area (TPSA) is 82.5 Å². The summed E-state index contributed by atoms with van der Waals surface area (Å²) in [5.74, 6) is -1.47. The lowest BCUT2D eigenvalue weighted by Crippen LogP contribution is -1.97. The van der Waals surface area contributed by atoms with E-state index in [2.05, 4.69) is 10.3 Å². The number of thiazole rings is 1. The average Bonchev–Trinajstić information content (AvgIpc) is 2.79. The quantitative estimate of drug-likeness (QED) is 0.677. The lowest BCUT2D eigenvalue weighted by atomic mass is 10.2. The number of fused-ring (bicyclic) bond motifs is 1. The van der Waals surface area contributed by atoms with Crippen molar-refractivity contribution in [2.24, 2.45) is 0 Å². The maximum atomic E-state index is 10.8. The van der Waals surface area contributed by atoms with Crippen LogP contribution in [0.25, 0.3) is 10.2 Å². The second-order valence-corrected chi connectivity index (χ2v) is 5.76. The number of carbonyl (C=O) groups is 1. The van der Waals surface area contributed by atoms with Crippen LogP contribution in [0.2, 0.25) is 5.02 Å². The van der Waals surface area contributed by atoms with Crippen molar-refractivity contribution >= 4 is 49.9 Å². The molecule has 0 aliphatic carbocycles. The number of phenols is 1. The number of nitrogens with one attached hydrogen (secondary N) is 1. The summed E-state index contributed by atoms with van der Waals surface area (Å²) >= 11 is 7.34. The molecule has 5 nitrogen and oxygen atoms in total. The average molecular weight is 321 g/mol. The number of aromatic nitrogens is 1. The normalized spacial score (nSPS) is 10.7. The summed E-state index contributed by atoms with van der Waals surface area (Å²) in [5.41, 5.74) is 1.23. The van der Waals surface area contributed by atoms with Gasteiger partial charge in [-0.3, -0.25) is 0 Å². The van der Waals surface area contributed by atoms with Crippen LogP contribution in [-0.4, -0.2) is 21.2 Å². The number of aromatic hydroxyl groups is 1. The molecule has 0 radical (unpaired) electrons. The Bertz CT molecular complexity index is 847. The van der Waals surface area contributed by atoms with Gasteiger partial charge in [0.1, 0.15) is 11.3 Å². The number of hydrogen-bond acceptors (Lipinski definition) is 5. The van der Waals surface area contributed by atoms with E-state index in [0.29, 0.717) is 15.8 Å². The van der Waals surface area contributed by atoms with Crippen LogP contribution >= 0.6 is 22.9 Å². The van der Waals surface area contributed by atoms with Crippen LogP contribution in [0, 0.1) is 0 Å². The predicted octanol–water partition coefficient (Wildman–Crippen LogP) is 4.10. The minimum absolute atomic E-state index is 0.142. The minimum Gasteiger partial charge on any atom is -0.507 e. The fourth-order valence-corrected chi connectivity index (χ4v) is 3.03. The van der Waals surface area contributed by atoms with Gasteiger partial charge in [0.25, 0.3) is 0 Å². The van der Waals surface area contributed by atoms with Crippen molar-refractivity contribution < 1.29 is 15.0 Å². The summed E-state index contributed by atoms with van der Waals surface area (Å²) < 4.78 is 0.941. The first-order chi connectivity index (χ1) is 10.0. The van der Waals surface area contributed by atoms with Crippen LogP contribution in [0.4, 0.5) is 10.8 Å². The number of aromatic carboxylic acids is 1. The highest BCUT2D eigenvalue weighted by molar-refractivity contribution is 7.22. The Balaban J connectivity index is 1.91. The lowest BCUT2D eigenvalue weighted by molar-refractivity contribution is 0.0694. The molecule has 0 aliphatic heterocycles. The lowest BCUT2D eigenvalue weighted by Gasteiger charge is -2.04. The van der Waals surface area contributed by atoms with Crippen molar-refractivity contribution in [1.82, 2.24) is 4.98 Å². The molecule has 2 aromatic carbocycles. The number of nitrogens with zero attached hydrogens (tertiary/aromatic N) is 1. The summed E-state index contributed by atoms with van der Waals surface area (Å²) in [6.45, 7) is 0. The zero-order valence-corrected chi connectivity index (χ0v) is 12.1. The first-order valence-electron chi connectivity index (χ1n) is 5.92. The van der Waals surface area contributed by atoms with Gasteiger partial charge >= 0.3 is 5.97 Å². The van der Waals surface area contributed by atoms with E-state index >= 15 is 0 Å². The summed E-state index contributed by atoms with van der Waals surface area (Å²) in [4.78, 5) is 15.2. The highest BCUT2D eigenvalue weighted by atomic mass is 35.5. The molecule has 0 saturated heterocycles. The predicted molar refractivity (Wildman–Crippen MR) is 83.0 cm³/mol. The molecule has 0 fully saturated rings. The van der Waals surface area contributed by atoms with Gasteiger partial charge in [-0.2, -0.15) is 0 Å². The molecule has 106 valence electrons. The monoisotopic (exact) mass is 320 g/mol. The van der Waals surface area contributed by atoms with Gasteiger partial charge in [-0.15, -0.1) is 0 Å². The molecule has 7 heteroatoms. The van der Waals surface area contributed by atoms with Gasteiger partial charge < -0.3 is 15.5 Å². The van der Waals surface area contributed by atoms with Crippen molar-refractivity contribution in [3.63, 3.8) is 0 Å². The summed E-state index contributed by atoms with van der Waals surface area (Å²) in [6, 6.07) is 9.67. The van der Waals surface area contributed by atoms with Crippen molar-refractivity contribution in [2.45, 2.75) is 0 Å². The Labute approximate surface area is 128 Å². The zero-order valence-electron chi connectivity index (χ0n) is 10.5. The van der Waals surface area contributed by atoms with Crippen LogP contribution < -0.4 is 5.32 Å². The second kappa shape index (κ2) is 5.23. The standard InChI is InChI=1S/C14H9ClN2O3S/c15-7-1-4-10-12(5-7)21-14(17-10)16-8-2-3-9(13(19)20)11(18)6-8/h1-6,18H,(H,16,17)(H,19,20). The molecule has 0 spiro atoms. The molecule has 0 aliphatic rings. The molecule has 3 rings (SSSR count). The summed E-state index contributed by atoms with van der Waals surface area (Å²) in [6.07, 6.45) is 0. The van der Waals surface area contributed by atoms with Crippen LogP contribution in [-0.2, 0) is 0 Å². The van der Waals surface area contributed by atoms with Crippen molar-refractivity contribution in [3.05, 3.63) is 47.0 Å². The van der Waals surface area contributed by atoms with E-state index in [-0.39, 0.29) is 11.3 Å². The van der Waals surface area contributed by atoms with Crippen molar-refractivity contribution in [1.29, 1.82) is 0 Å². The number of halogens is 1. The first kappa shape index (κ1) is 13.7. The maximum Gasteiger partial charge on any atom is 0.339 e. The molecule has 1 aromatic heterocycles. The first-order valence-corrected chi connectivity index (χ1v) is 7.12. The Morgan fingerprint density at radius 3 is 2.76 bits per heavy atom. The van der Waals surface area contributed by atoms with Gasteiger partial charge in [0, 0.05) is 16.8 Å². The number of anilines is 2. The maximum absolute atomic E-state index is 10.8. The Hall–Kier alpha value is -2.31. The molecule has 0 bridgehead atoms. The number of hydrogen-bond donors (Lipinski definition) is 3. The molecule has 0 unspecified atom stereocenters. The van der Waals surface area contributed by atoms with Crippen LogP contribution in [0.15, 0.2) is 36.4 Å². The molecular formula is C14H9ClN2O3S. The third-order valence-electron chi connectivity index (χ3n) is 2.83. The highest BCUT2D eigenvalue weighted by Gasteiger charge is 2.11. The third kappa shape index (κ3) is 2.76. The van der Waals surface area contributed by atoms with Gasteiger partial charge in [-0.25, -0.2) is 9.78 Å². The zero-order chi connectivity index (χ0) is 15.0. The largest absolute Gasteiger partial charge is 0.507 e. The highest BCUT2D eigenvalue weighted by Crippen LogP contribution is 2.31. The van der Waals surface area contributed by atoms with E-state index in [0.717, 1.165) is 10.2 Å². The van der Waals surface area contributed by atoms with Gasteiger partial charge in [0.2, 0.25) is 0 Å². The number of carboxylic acids is 1. The Morgan fingerprint density at radius 1 is 1.24 bits per heavy atom. The van der Waals surface area contributed by atoms with Crippen LogP contribution in [0.3, 0.4) is 0 Å². The Kier molecular flexibility index (Phi) is 3.40. The fraction of sp³-hybridized carbons (Fsp3) is 0. The fourth-order valence-electron chi connectivity index (χ4n) is 1.87. The van der Waals surface area contributed by atoms with Gasteiger partial charge in [0.15, 0.2) is 5.13 Å². The third-order valence-corrected chi connectivity index (χ3v) is 4.00. The SMILES string of the molecule is O=C(O)c1ccc(Nc2nc3ccc(Cl)cc3s2)cc1O. The van der Waals surface area contributed by atoms with E-state index in [1.165, 1.54) is 23.5 Å². The van der Waals surface area contributed by atoms with E-state index in [1.807, 2.05) is 12.1 Å². The van der Waals surface area contributed by atoms with Crippen molar-refractivity contribution in [2.75, 3.05) is 5.32 Å². The number of benzene rings is 2. The summed E-state index contributed by atoms with van der Waals surface area (Å²) in [5, 5.41) is 22.8.